The maximum atomic E-state index is 13.1. The Morgan fingerprint density at radius 1 is 0.967 bits per heavy atom. The number of aromatic nitrogens is 2. The van der Waals surface area contributed by atoms with Crippen LogP contribution in [0.3, 0.4) is 0 Å². The minimum absolute atomic E-state index is 0.208. The number of hydrogen-bond acceptors (Lipinski definition) is 6. The molecule has 0 spiro atoms. The monoisotopic (exact) mass is 404 g/mol. The number of aryl methyl sites for hydroxylation is 1. The van der Waals surface area contributed by atoms with E-state index in [1.165, 1.54) is 9.69 Å². The second kappa shape index (κ2) is 7.47. The van der Waals surface area contributed by atoms with Crippen LogP contribution in [0, 0.1) is 6.92 Å². The molecule has 0 saturated heterocycles. The second-order valence-electron chi connectivity index (χ2n) is 6.71. The Labute approximate surface area is 172 Å². The van der Waals surface area contributed by atoms with Gasteiger partial charge in [0.15, 0.2) is 11.5 Å². The van der Waals surface area contributed by atoms with E-state index in [1.54, 1.807) is 70.5 Å². The Bertz CT molecular complexity index is 1290. The van der Waals surface area contributed by atoms with E-state index in [-0.39, 0.29) is 11.3 Å². The molecule has 152 valence electrons. The standard InChI is InChI=1S/C22H20N4O4/c1-13-23-17-8-6-5-7-16(17)21(27)25(13)26-14(2)24-18(22(26)28)11-15-9-10-19(29-3)20(12-15)30-4/h5-12H,1-4H3/b18-11-. The van der Waals surface area contributed by atoms with Gasteiger partial charge in [0.1, 0.15) is 17.4 Å². The van der Waals surface area contributed by atoms with Crippen LogP contribution in [-0.4, -0.2) is 35.6 Å². The van der Waals surface area contributed by atoms with Gasteiger partial charge in [-0.25, -0.2) is 9.98 Å². The second-order valence-corrected chi connectivity index (χ2v) is 6.71. The molecule has 0 atom stereocenters. The first-order valence-corrected chi connectivity index (χ1v) is 9.26. The van der Waals surface area contributed by atoms with Crippen molar-refractivity contribution in [3.05, 3.63) is 69.9 Å². The molecule has 0 bridgehead atoms. The molecule has 0 fully saturated rings. The van der Waals surface area contributed by atoms with Crippen molar-refractivity contribution in [3.63, 3.8) is 0 Å². The quantitative estimate of drug-likeness (QED) is 0.624. The van der Waals surface area contributed by atoms with E-state index in [9.17, 15) is 9.59 Å². The first-order valence-electron chi connectivity index (χ1n) is 9.26. The number of carbonyl (C=O) groups is 1. The minimum atomic E-state index is -0.412. The number of ether oxygens (including phenoxy) is 2. The van der Waals surface area contributed by atoms with E-state index in [1.807, 2.05) is 6.07 Å². The molecule has 8 heteroatoms. The normalized spacial score (nSPS) is 15.1. The molecule has 30 heavy (non-hydrogen) atoms. The van der Waals surface area contributed by atoms with Crippen LogP contribution < -0.4 is 20.0 Å². The van der Waals surface area contributed by atoms with Crippen molar-refractivity contribution in [1.29, 1.82) is 0 Å². The van der Waals surface area contributed by atoms with E-state index < -0.39 is 5.91 Å². The number of amidine groups is 1. The van der Waals surface area contributed by atoms with Gasteiger partial charge in [-0.1, -0.05) is 18.2 Å². The Balaban J connectivity index is 1.77. The van der Waals surface area contributed by atoms with Gasteiger partial charge in [-0.3, -0.25) is 9.59 Å². The highest BCUT2D eigenvalue weighted by atomic mass is 16.5. The summed E-state index contributed by atoms with van der Waals surface area (Å²) < 4.78 is 11.8. The molecule has 0 unspecified atom stereocenters. The highest BCUT2D eigenvalue weighted by Crippen LogP contribution is 2.29. The number of hydrogen-bond donors (Lipinski definition) is 0. The van der Waals surface area contributed by atoms with Crippen molar-refractivity contribution in [3.8, 4) is 11.5 Å². The van der Waals surface area contributed by atoms with Gasteiger partial charge < -0.3 is 9.47 Å². The molecule has 0 N–H and O–H groups in total. The minimum Gasteiger partial charge on any atom is -0.493 e. The molecule has 1 aromatic heterocycles. The number of nitrogens with zero attached hydrogens (tertiary/aromatic N) is 4. The van der Waals surface area contributed by atoms with Crippen LogP contribution in [0.1, 0.15) is 18.3 Å². The van der Waals surface area contributed by atoms with Gasteiger partial charge in [-0.15, -0.1) is 0 Å². The predicted molar refractivity (Wildman–Crippen MR) is 115 cm³/mol. The average Bonchev–Trinajstić information content (AvgIpc) is 3.01. The smallest absolute Gasteiger partial charge is 0.297 e. The van der Waals surface area contributed by atoms with Crippen LogP contribution in [0.25, 0.3) is 17.0 Å². The first-order chi connectivity index (χ1) is 14.4. The lowest BCUT2D eigenvalue weighted by Crippen LogP contribution is -2.48. The number of carbonyl (C=O) groups excluding carboxylic acids is 1. The molecule has 3 aromatic rings. The molecule has 2 heterocycles. The lowest BCUT2D eigenvalue weighted by molar-refractivity contribution is -0.115. The summed E-state index contributed by atoms with van der Waals surface area (Å²) >= 11 is 0. The lowest BCUT2D eigenvalue weighted by atomic mass is 10.1. The number of aliphatic imine (C=N–C) groups is 1. The van der Waals surface area contributed by atoms with E-state index in [2.05, 4.69) is 9.98 Å². The molecular formula is C22H20N4O4. The zero-order valence-electron chi connectivity index (χ0n) is 17.0. The molecule has 8 nitrogen and oxygen atoms in total. The van der Waals surface area contributed by atoms with E-state index in [0.29, 0.717) is 34.1 Å². The SMILES string of the molecule is COc1ccc(/C=C2\N=C(C)N(n3c(C)nc4ccccc4c3=O)C2=O)cc1OC. The number of rotatable bonds is 4. The van der Waals surface area contributed by atoms with Gasteiger partial charge in [0.25, 0.3) is 11.5 Å². The fraction of sp³-hybridized carbons (Fsp3) is 0.182. The highest BCUT2D eigenvalue weighted by Gasteiger charge is 2.31. The maximum Gasteiger partial charge on any atom is 0.297 e. The van der Waals surface area contributed by atoms with Crippen LogP contribution in [0.15, 0.2) is 57.9 Å². The molecule has 1 amide bonds. The molecule has 2 aromatic carbocycles. The first kappa shape index (κ1) is 19.4. The Morgan fingerprint density at radius 3 is 2.43 bits per heavy atom. The predicted octanol–water partition coefficient (Wildman–Crippen LogP) is 2.66. The summed E-state index contributed by atoms with van der Waals surface area (Å²) in [6.45, 7) is 3.36. The summed E-state index contributed by atoms with van der Waals surface area (Å²) in [5, 5.41) is 1.69. The summed E-state index contributed by atoms with van der Waals surface area (Å²) in [5.74, 6) is 1.50. The molecule has 1 aliphatic rings. The molecule has 0 saturated carbocycles. The van der Waals surface area contributed by atoms with Crippen LogP contribution in [0.2, 0.25) is 0 Å². The van der Waals surface area contributed by atoms with Gasteiger partial charge in [-0.2, -0.15) is 9.69 Å². The van der Waals surface area contributed by atoms with Crippen molar-refractivity contribution in [2.45, 2.75) is 13.8 Å². The fourth-order valence-electron chi connectivity index (χ4n) is 3.43. The number of para-hydroxylation sites is 1. The molecule has 0 aliphatic carbocycles. The molecular weight excluding hydrogens is 384 g/mol. The third-order valence-electron chi connectivity index (χ3n) is 4.83. The summed E-state index contributed by atoms with van der Waals surface area (Å²) in [4.78, 5) is 35.1. The third-order valence-corrected chi connectivity index (χ3v) is 4.83. The van der Waals surface area contributed by atoms with Gasteiger partial charge in [0, 0.05) is 0 Å². The van der Waals surface area contributed by atoms with E-state index in [0.717, 1.165) is 5.56 Å². The van der Waals surface area contributed by atoms with Crippen LogP contribution >= 0.6 is 0 Å². The van der Waals surface area contributed by atoms with Gasteiger partial charge in [0.2, 0.25) is 0 Å². The summed E-state index contributed by atoms with van der Waals surface area (Å²) in [6.07, 6.45) is 1.64. The van der Waals surface area contributed by atoms with Crippen LogP contribution in [0.5, 0.6) is 11.5 Å². The molecule has 1 aliphatic heterocycles. The van der Waals surface area contributed by atoms with Gasteiger partial charge in [-0.05, 0) is 49.8 Å². The van der Waals surface area contributed by atoms with Gasteiger partial charge in [0.05, 0.1) is 25.1 Å². The number of fused-ring (bicyclic) bond motifs is 1. The van der Waals surface area contributed by atoms with Crippen LogP contribution in [-0.2, 0) is 4.79 Å². The summed E-state index contributed by atoms with van der Waals surface area (Å²) in [6, 6.07) is 12.3. The Morgan fingerprint density at radius 2 is 1.70 bits per heavy atom. The van der Waals surface area contributed by atoms with Crippen molar-refractivity contribution in [1.82, 2.24) is 9.66 Å². The maximum absolute atomic E-state index is 13.1. The van der Waals surface area contributed by atoms with E-state index in [4.69, 9.17) is 9.47 Å². The highest BCUT2D eigenvalue weighted by molar-refractivity contribution is 6.23. The average molecular weight is 404 g/mol. The lowest BCUT2D eigenvalue weighted by Gasteiger charge is -2.20. The fourth-order valence-corrected chi connectivity index (χ4v) is 3.43. The zero-order chi connectivity index (χ0) is 21.4. The number of methoxy groups -OCH3 is 2. The summed E-state index contributed by atoms with van der Waals surface area (Å²) in [7, 11) is 3.10. The van der Waals surface area contributed by atoms with Crippen molar-refractivity contribution in [2.24, 2.45) is 4.99 Å². The van der Waals surface area contributed by atoms with E-state index >= 15 is 0 Å². The van der Waals surface area contributed by atoms with Gasteiger partial charge >= 0.3 is 0 Å². The van der Waals surface area contributed by atoms with Crippen molar-refractivity contribution < 1.29 is 14.3 Å². The van der Waals surface area contributed by atoms with Crippen molar-refractivity contribution in [2.75, 3.05) is 19.2 Å². The molecule has 4 rings (SSSR count). The molecule has 0 radical (unpaired) electrons. The van der Waals surface area contributed by atoms with Crippen LogP contribution in [0.4, 0.5) is 0 Å². The number of amides is 1. The zero-order valence-corrected chi connectivity index (χ0v) is 17.0. The topological polar surface area (TPSA) is 86.0 Å². The number of benzene rings is 2. The Kier molecular flexibility index (Phi) is 4.83. The largest absolute Gasteiger partial charge is 0.493 e. The summed E-state index contributed by atoms with van der Waals surface area (Å²) in [5.41, 5.74) is 1.18. The third kappa shape index (κ3) is 3.12. The van der Waals surface area contributed by atoms with Crippen molar-refractivity contribution >= 4 is 28.7 Å². The Hall–Kier alpha value is -3.94.